The summed E-state index contributed by atoms with van der Waals surface area (Å²) in [5, 5.41) is 0. The molecule has 9 aromatic carbocycles. The second-order valence-electron chi connectivity index (χ2n) is 28.3. The fourth-order valence-electron chi connectivity index (χ4n) is 15.1. The van der Waals surface area contributed by atoms with Crippen molar-refractivity contribution in [2.75, 3.05) is 49.3 Å². The lowest BCUT2D eigenvalue weighted by Crippen LogP contribution is -2.73. The Balaban J connectivity index is 1.17. The van der Waals surface area contributed by atoms with Crippen LogP contribution in [0, 0.1) is 29.6 Å². The predicted molar refractivity (Wildman–Crippen MR) is 380 cm³/mol. The van der Waals surface area contributed by atoms with Crippen LogP contribution in [0.3, 0.4) is 0 Å². The van der Waals surface area contributed by atoms with Gasteiger partial charge >= 0.3 is 0 Å². The Morgan fingerprint density at radius 3 is 0.798 bits per heavy atom. The van der Waals surface area contributed by atoms with E-state index in [1.54, 1.807) is 0 Å². The quantitative estimate of drug-likeness (QED) is 0.0356. The minimum absolute atomic E-state index is 0.00285. The molecule has 4 heteroatoms. The van der Waals surface area contributed by atoms with Crippen molar-refractivity contribution in [1.82, 2.24) is 8.97 Å². The van der Waals surface area contributed by atoms with Crippen LogP contribution in [0.2, 0.25) is 0 Å². The van der Waals surface area contributed by atoms with Crippen molar-refractivity contribution in [3.05, 3.63) is 310 Å². The molecular weight excluding hydrogens is 1080 g/mol. The van der Waals surface area contributed by atoms with Crippen molar-refractivity contribution in [1.29, 1.82) is 0 Å². The van der Waals surface area contributed by atoms with Gasteiger partial charge in [0.2, 0.25) is 13.3 Å². The van der Waals surface area contributed by atoms with Gasteiger partial charge in [-0.05, 0) is 131 Å². The molecule has 1 saturated heterocycles. The zero-order chi connectivity index (χ0) is 61.5. The van der Waals surface area contributed by atoms with E-state index in [1.165, 1.54) is 96.8 Å². The molecule has 0 spiro atoms. The van der Waals surface area contributed by atoms with Crippen molar-refractivity contribution >= 4 is 22.7 Å². The van der Waals surface area contributed by atoms with Crippen LogP contribution >= 0.6 is 0 Å². The first-order chi connectivity index (χ1) is 43.4. The van der Waals surface area contributed by atoms with Crippen LogP contribution < -0.4 is 18.8 Å². The summed E-state index contributed by atoms with van der Waals surface area (Å²) in [5.41, 5.74) is 20.8. The van der Waals surface area contributed by atoms with Crippen molar-refractivity contribution < 1.29 is 0 Å². The highest BCUT2D eigenvalue weighted by molar-refractivity contribution is 5.79. The molecule has 4 nitrogen and oxygen atoms in total. The highest BCUT2D eigenvalue weighted by Gasteiger charge is 2.66. The lowest BCUT2D eigenvalue weighted by atomic mass is 9.77. The van der Waals surface area contributed by atoms with Crippen molar-refractivity contribution in [2.24, 2.45) is 29.6 Å². The SMILES string of the molecule is CC(C)CCN(CCC(C)C)c1cc(C(c2ccccc2)c2ccccc2)c([N+]23C=C[N+](c4c(C(c5ccccc5)c5ccccc5)cc(N(CCC(C)C)CCC(C)C)cc4C(c4ccccc4)C4CC4)(C2)C3)c(C(c2ccccc2)c2ccccc2)c1. The van der Waals surface area contributed by atoms with Gasteiger partial charge in [-0.15, -0.1) is 0 Å². The summed E-state index contributed by atoms with van der Waals surface area (Å²) in [7, 11) is 0. The first kappa shape index (κ1) is 61.5. The molecule has 0 amide bonds. The first-order valence-electron chi connectivity index (χ1n) is 34.0. The fourth-order valence-corrected chi connectivity index (χ4v) is 15.1. The van der Waals surface area contributed by atoms with E-state index < -0.39 is 0 Å². The Labute approximate surface area is 535 Å². The largest absolute Gasteiger partial charge is 0.371 e. The van der Waals surface area contributed by atoms with Gasteiger partial charge in [-0.2, -0.15) is 8.97 Å². The monoisotopic (exact) mass is 1170 g/mol. The van der Waals surface area contributed by atoms with Crippen LogP contribution in [0.25, 0.3) is 0 Å². The van der Waals surface area contributed by atoms with Crippen LogP contribution in [-0.4, -0.2) is 39.5 Å². The normalized spacial score (nSPS) is 17.4. The molecule has 4 aliphatic rings. The van der Waals surface area contributed by atoms with E-state index in [-0.39, 0.29) is 23.7 Å². The van der Waals surface area contributed by atoms with Gasteiger partial charge in [-0.1, -0.05) is 268 Å². The summed E-state index contributed by atoms with van der Waals surface area (Å²) in [6.45, 7) is 25.0. The summed E-state index contributed by atoms with van der Waals surface area (Å²) in [5.74, 6) is 3.08. The second kappa shape index (κ2) is 27.5. The number of benzene rings is 9. The average Bonchev–Trinajstić information content (AvgIpc) is 1.55. The molecule has 1 aliphatic carbocycles. The number of quaternary nitrogens is 2. The smallest absolute Gasteiger partial charge is 0.234 e. The summed E-state index contributed by atoms with van der Waals surface area (Å²) in [6, 6.07) is 91.6. The Morgan fingerprint density at radius 2 is 0.551 bits per heavy atom. The zero-order valence-corrected chi connectivity index (χ0v) is 54.6. The first-order valence-corrected chi connectivity index (χ1v) is 34.0. The van der Waals surface area contributed by atoms with E-state index in [4.69, 9.17) is 0 Å². The van der Waals surface area contributed by atoms with Crippen LogP contribution in [0.5, 0.6) is 0 Å². The molecule has 1 saturated carbocycles. The van der Waals surface area contributed by atoms with E-state index in [0.717, 1.165) is 74.2 Å². The highest BCUT2D eigenvalue weighted by Crippen LogP contribution is 2.60. The van der Waals surface area contributed by atoms with Crippen LogP contribution in [0.15, 0.2) is 249 Å². The summed E-state index contributed by atoms with van der Waals surface area (Å²) in [4.78, 5) is 5.56. The molecule has 1 atom stereocenters. The molecule has 89 heavy (non-hydrogen) atoms. The molecule has 456 valence electrons. The van der Waals surface area contributed by atoms with E-state index in [1.807, 2.05) is 0 Å². The standard InChI is InChI=1S/C85H98N4/c1-62(2)46-50-86(51-47-63(3)4)74-56-76(80(66-30-16-9-17-31-66)67-32-18-10-19-33-67)84(77(57-74)81(68-34-20-11-21-35-68)69-36-22-12-23-37-69)88-54-55-89(60-88,61-88)85-78(82(70-38-24-13-25-39-70)71-40-26-14-27-41-71)58-75(87(52-48-64(5)6)53-49-65(7)8)59-79(85)83(73-44-45-73)72-42-28-15-29-43-72/h9-43,54-59,62-65,73,80-83H,44-53,60-61H2,1-8H3/q+2. The van der Waals surface area contributed by atoms with E-state index in [9.17, 15) is 0 Å². The topological polar surface area (TPSA) is 6.48 Å². The number of nitrogens with zero attached hydrogens (tertiary/aromatic N) is 4. The van der Waals surface area contributed by atoms with Crippen LogP contribution in [-0.2, 0) is 0 Å². The summed E-state index contributed by atoms with van der Waals surface area (Å²) < 4.78 is 1.51. The lowest BCUT2D eigenvalue weighted by molar-refractivity contribution is 0.0980. The number of anilines is 2. The van der Waals surface area contributed by atoms with Crippen molar-refractivity contribution in [3.63, 3.8) is 0 Å². The maximum absolute atomic E-state index is 2.79. The van der Waals surface area contributed by atoms with Gasteiger partial charge in [0.25, 0.3) is 0 Å². The molecule has 0 radical (unpaired) electrons. The molecule has 0 aromatic heterocycles. The van der Waals surface area contributed by atoms with Crippen LogP contribution in [0.1, 0.15) is 179 Å². The summed E-state index contributed by atoms with van der Waals surface area (Å²) >= 11 is 0. The summed E-state index contributed by atoms with van der Waals surface area (Å²) in [6.07, 6.45) is 12.4. The third-order valence-corrected chi connectivity index (χ3v) is 19.8. The third kappa shape index (κ3) is 13.6. The van der Waals surface area contributed by atoms with Gasteiger partial charge in [0.05, 0.1) is 0 Å². The molecule has 9 aromatic rings. The highest BCUT2D eigenvalue weighted by atomic mass is 15.7. The van der Waals surface area contributed by atoms with Gasteiger partial charge in [-0.3, -0.25) is 0 Å². The Morgan fingerprint density at radius 1 is 0.315 bits per heavy atom. The second-order valence-corrected chi connectivity index (χ2v) is 28.3. The maximum atomic E-state index is 2.79. The molecule has 1 unspecified atom stereocenters. The molecule has 3 heterocycles. The number of rotatable bonds is 28. The minimum Gasteiger partial charge on any atom is -0.371 e. The van der Waals surface area contributed by atoms with E-state index >= 15 is 0 Å². The molecule has 3 aliphatic heterocycles. The molecule has 0 N–H and O–H groups in total. The van der Waals surface area contributed by atoms with Crippen molar-refractivity contribution in [3.8, 4) is 0 Å². The maximum Gasteiger partial charge on any atom is 0.234 e. The average molecular weight is 1180 g/mol. The Hall–Kier alpha value is -7.76. The molecular formula is C85H98N4+2. The predicted octanol–water partition coefficient (Wildman–Crippen LogP) is 21.3. The number of hydrogen-bond donors (Lipinski definition) is 0. The lowest BCUT2D eigenvalue weighted by Gasteiger charge is -2.50. The van der Waals surface area contributed by atoms with Crippen molar-refractivity contribution in [2.45, 2.75) is 118 Å². The van der Waals surface area contributed by atoms with Gasteiger partial charge in [0.15, 0.2) is 23.8 Å². The van der Waals surface area contributed by atoms with E-state index in [2.05, 4.69) is 314 Å². The zero-order valence-electron chi connectivity index (χ0n) is 54.6. The van der Waals surface area contributed by atoms with Gasteiger partial charge in [-0.25, -0.2) is 0 Å². The van der Waals surface area contributed by atoms with Gasteiger partial charge in [0.1, 0.15) is 0 Å². The minimum atomic E-state index is -0.0368. The van der Waals surface area contributed by atoms with E-state index in [0.29, 0.717) is 29.6 Å². The third-order valence-electron chi connectivity index (χ3n) is 19.8. The molecule has 2 fully saturated rings. The van der Waals surface area contributed by atoms with Gasteiger partial charge in [0, 0.05) is 83.5 Å². The van der Waals surface area contributed by atoms with Gasteiger partial charge < -0.3 is 9.80 Å². The molecule has 13 rings (SSSR count). The molecule has 2 bridgehead atoms. The Kier molecular flexibility index (Phi) is 19.0. The number of hydrogen-bond acceptors (Lipinski definition) is 2. The fraction of sp³-hybridized carbons (Fsp3) is 0.341. The van der Waals surface area contributed by atoms with Crippen LogP contribution in [0.4, 0.5) is 22.7 Å². The Bertz CT molecular complexity index is 3470.